The summed E-state index contributed by atoms with van der Waals surface area (Å²) in [6, 6.07) is -0.672. The van der Waals surface area contributed by atoms with Crippen LogP contribution in [-0.2, 0) is 4.79 Å². The van der Waals surface area contributed by atoms with Crippen LogP contribution in [0.25, 0.3) is 0 Å². The third kappa shape index (κ3) is 46.6. The SMILES string of the molecule is CC/C=C\C/C=C\C/C=C\C/C=C\CCCCC(=O)NC(CO)C(O)/C=C/CC/C=C/CC/C=C/CCCCCCCCCCCCCCCCCCCCCCCCC. The molecule has 0 spiro atoms. The number of allylic oxidation sites excluding steroid dienone is 13. The van der Waals surface area contributed by atoms with Gasteiger partial charge < -0.3 is 15.5 Å². The van der Waals surface area contributed by atoms with Gasteiger partial charge in [0.05, 0.1) is 18.8 Å². The molecule has 2 unspecified atom stereocenters. The summed E-state index contributed by atoms with van der Waals surface area (Å²) in [6.07, 6.45) is 74.6. The largest absolute Gasteiger partial charge is 0.394 e. The topological polar surface area (TPSA) is 69.6 Å². The van der Waals surface area contributed by atoms with Crippen LogP contribution in [0.4, 0.5) is 0 Å². The molecule has 0 aromatic carbocycles. The number of unbranched alkanes of at least 4 members (excludes halogenated alkanes) is 27. The van der Waals surface area contributed by atoms with Gasteiger partial charge in [0.1, 0.15) is 0 Å². The van der Waals surface area contributed by atoms with Crippen molar-refractivity contribution in [3.05, 3.63) is 85.1 Å². The van der Waals surface area contributed by atoms with Gasteiger partial charge in [0.25, 0.3) is 0 Å². The number of hydrogen-bond acceptors (Lipinski definition) is 3. The highest BCUT2D eigenvalue weighted by Crippen LogP contribution is 2.16. The minimum Gasteiger partial charge on any atom is -0.394 e. The van der Waals surface area contributed by atoms with Crippen molar-refractivity contribution in [1.29, 1.82) is 0 Å². The van der Waals surface area contributed by atoms with Crippen molar-refractivity contribution in [3.8, 4) is 0 Å². The van der Waals surface area contributed by atoms with Crippen LogP contribution in [-0.4, -0.2) is 34.9 Å². The molecule has 0 rings (SSSR count). The molecular weight excluding hydrogens is 735 g/mol. The van der Waals surface area contributed by atoms with Crippen LogP contribution in [0.1, 0.15) is 245 Å². The predicted molar refractivity (Wildman–Crippen MR) is 267 cm³/mol. The van der Waals surface area contributed by atoms with E-state index in [1.165, 1.54) is 154 Å². The van der Waals surface area contributed by atoms with Gasteiger partial charge in [0.2, 0.25) is 5.91 Å². The molecule has 4 nitrogen and oxygen atoms in total. The van der Waals surface area contributed by atoms with Gasteiger partial charge >= 0.3 is 0 Å². The molecule has 0 aliphatic rings. The fourth-order valence-corrected chi connectivity index (χ4v) is 7.44. The lowest BCUT2D eigenvalue weighted by Crippen LogP contribution is -2.45. The number of rotatable bonds is 46. The molecule has 0 aliphatic carbocycles. The van der Waals surface area contributed by atoms with E-state index in [-0.39, 0.29) is 12.5 Å². The van der Waals surface area contributed by atoms with E-state index in [9.17, 15) is 15.0 Å². The van der Waals surface area contributed by atoms with Crippen LogP contribution in [0.15, 0.2) is 85.1 Å². The van der Waals surface area contributed by atoms with Gasteiger partial charge in [-0.2, -0.15) is 0 Å². The molecule has 0 fully saturated rings. The second kappa shape index (κ2) is 50.9. The number of nitrogens with one attached hydrogen (secondary N) is 1. The summed E-state index contributed by atoms with van der Waals surface area (Å²) in [5.41, 5.74) is 0. The summed E-state index contributed by atoms with van der Waals surface area (Å²) in [7, 11) is 0. The van der Waals surface area contributed by atoms with Crippen molar-refractivity contribution in [2.24, 2.45) is 0 Å². The molecule has 0 saturated carbocycles. The van der Waals surface area contributed by atoms with E-state index in [1.54, 1.807) is 6.08 Å². The average molecular weight is 834 g/mol. The number of aliphatic hydroxyl groups excluding tert-OH is 2. The van der Waals surface area contributed by atoms with Crippen molar-refractivity contribution >= 4 is 5.91 Å². The van der Waals surface area contributed by atoms with Crippen molar-refractivity contribution in [2.75, 3.05) is 6.61 Å². The molecule has 0 bridgehead atoms. The maximum atomic E-state index is 12.4. The summed E-state index contributed by atoms with van der Waals surface area (Å²) in [4.78, 5) is 12.4. The molecule has 346 valence electrons. The maximum absolute atomic E-state index is 12.4. The van der Waals surface area contributed by atoms with Crippen LogP contribution >= 0.6 is 0 Å². The zero-order chi connectivity index (χ0) is 43.5. The Bertz CT molecular complexity index is 1080. The molecule has 0 aromatic rings. The standard InChI is InChI=1S/C56H99NO3/c1-3-5-7-9-11-13-15-17-19-20-21-22-23-24-25-26-27-28-29-30-31-32-33-34-35-36-38-39-41-43-45-47-49-51-55(59)54(53-58)57-56(60)52-50-48-46-44-42-40-37-18-16-14-12-10-8-6-4-2/h6,8,12,14,18,35-37,41-44,49,51,54-55,58-59H,3-5,7,9-11,13,15-17,19-34,38-40,45-48,50,52-53H2,1-2H3,(H,57,60)/b8-6-,14-12-,36-35+,37-18-,43-41+,44-42-,51-49+. The molecule has 60 heavy (non-hydrogen) atoms. The van der Waals surface area contributed by atoms with Gasteiger partial charge in [-0.15, -0.1) is 0 Å². The van der Waals surface area contributed by atoms with E-state index >= 15 is 0 Å². The van der Waals surface area contributed by atoms with Crippen molar-refractivity contribution in [1.82, 2.24) is 5.32 Å². The molecule has 0 saturated heterocycles. The van der Waals surface area contributed by atoms with Gasteiger partial charge in [0.15, 0.2) is 0 Å². The normalized spacial score (nSPS) is 13.6. The van der Waals surface area contributed by atoms with Crippen LogP contribution in [0, 0.1) is 0 Å². The maximum Gasteiger partial charge on any atom is 0.220 e. The molecule has 0 aliphatic heterocycles. The molecule has 0 radical (unpaired) electrons. The summed E-state index contributed by atoms with van der Waals surface area (Å²) in [6.45, 7) is 4.16. The lowest BCUT2D eigenvalue weighted by atomic mass is 10.0. The Kier molecular flexibility index (Phi) is 48.9. The van der Waals surface area contributed by atoms with Crippen LogP contribution in [0.5, 0.6) is 0 Å². The third-order valence-corrected chi connectivity index (χ3v) is 11.3. The van der Waals surface area contributed by atoms with E-state index in [1.807, 2.05) is 6.08 Å². The molecule has 4 heteroatoms. The number of hydrogen-bond donors (Lipinski definition) is 3. The van der Waals surface area contributed by atoms with E-state index in [4.69, 9.17) is 0 Å². The first-order valence-corrected chi connectivity index (χ1v) is 25.8. The molecule has 1 amide bonds. The highest BCUT2D eigenvalue weighted by molar-refractivity contribution is 5.76. The molecule has 3 N–H and O–H groups in total. The van der Waals surface area contributed by atoms with Gasteiger partial charge in [-0.3, -0.25) is 4.79 Å². The van der Waals surface area contributed by atoms with E-state index in [0.29, 0.717) is 6.42 Å². The Morgan fingerprint density at radius 3 is 1.17 bits per heavy atom. The smallest absolute Gasteiger partial charge is 0.220 e. The minimum atomic E-state index is -0.893. The number of carbonyl (C=O) groups is 1. The fraction of sp³-hybridized carbons (Fsp3) is 0.732. The van der Waals surface area contributed by atoms with E-state index in [2.05, 4.69) is 92.1 Å². The van der Waals surface area contributed by atoms with Gasteiger partial charge in [-0.05, 0) is 83.5 Å². The second-order valence-electron chi connectivity index (χ2n) is 17.2. The van der Waals surface area contributed by atoms with Gasteiger partial charge in [0, 0.05) is 6.42 Å². The second-order valence-corrected chi connectivity index (χ2v) is 17.2. The van der Waals surface area contributed by atoms with E-state index in [0.717, 1.165) is 70.6 Å². The van der Waals surface area contributed by atoms with Crippen LogP contribution in [0.3, 0.4) is 0 Å². The summed E-state index contributed by atoms with van der Waals surface area (Å²) >= 11 is 0. The lowest BCUT2D eigenvalue weighted by Gasteiger charge is -2.19. The molecule has 0 heterocycles. The van der Waals surface area contributed by atoms with Crippen molar-refractivity contribution < 1.29 is 15.0 Å². The Hall–Kier alpha value is -2.43. The minimum absolute atomic E-state index is 0.121. The zero-order valence-corrected chi connectivity index (χ0v) is 39.7. The van der Waals surface area contributed by atoms with E-state index < -0.39 is 12.1 Å². The average Bonchev–Trinajstić information content (AvgIpc) is 3.25. The Balaban J connectivity index is 3.59. The van der Waals surface area contributed by atoms with Crippen LogP contribution < -0.4 is 5.32 Å². The predicted octanol–water partition coefficient (Wildman–Crippen LogP) is 16.8. The van der Waals surface area contributed by atoms with Crippen molar-refractivity contribution in [2.45, 2.75) is 257 Å². The zero-order valence-electron chi connectivity index (χ0n) is 39.7. The summed E-state index contributed by atoms with van der Waals surface area (Å²) < 4.78 is 0. The first-order chi connectivity index (χ1) is 29.7. The highest BCUT2D eigenvalue weighted by atomic mass is 16.3. The Labute approximate surface area is 373 Å². The number of carbonyl (C=O) groups excluding carboxylic acids is 1. The Morgan fingerprint density at radius 2 is 0.750 bits per heavy atom. The first kappa shape index (κ1) is 57.6. The molecular formula is C56H99NO3. The van der Waals surface area contributed by atoms with Crippen LogP contribution in [0.2, 0.25) is 0 Å². The van der Waals surface area contributed by atoms with Crippen molar-refractivity contribution in [3.63, 3.8) is 0 Å². The summed E-state index contributed by atoms with van der Waals surface area (Å²) in [5.74, 6) is -0.121. The molecule has 0 aromatic heterocycles. The number of amides is 1. The Morgan fingerprint density at radius 1 is 0.417 bits per heavy atom. The quantitative estimate of drug-likeness (QED) is 0.0423. The first-order valence-electron chi connectivity index (χ1n) is 25.8. The lowest BCUT2D eigenvalue weighted by molar-refractivity contribution is -0.123. The monoisotopic (exact) mass is 834 g/mol. The molecule has 2 atom stereocenters. The highest BCUT2D eigenvalue weighted by Gasteiger charge is 2.17. The fourth-order valence-electron chi connectivity index (χ4n) is 7.44. The third-order valence-electron chi connectivity index (χ3n) is 11.3. The van der Waals surface area contributed by atoms with Gasteiger partial charge in [-0.25, -0.2) is 0 Å². The summed E-state index contributed by atoms with van der Waals surface area (Å²) in [5, 5.41) is 23.0. The number of aliphatic hydroxyl groups is 2. The van der Waals surface area contributed by atoms with Gasteiger partial charge in [-0.1, -0.05) is 240 Å².